The van der Waals surface area contributed by atoms with Crippen LogP contribution in [0.3, 0.4) is 0 Å². The lowest BCUT2D eigenvalue weighted by Crippen LogP contribution is -2.51. The van der Waals surface area contributed by atoms with Gasteiger partial charge < -0.3 is 15.1 Å². The third kappa shape index (κ3) is 3.91. The number of aromatic nitrogens is 3. The van der Waals surface area contributed by atoms with E-state index in [0.29, 0.717) is 41.9 Å². The van der Waals surface area contributed by atoms with Crippen LogP contribution in [0.25, 0.3) is 10.9 Å². The highest BCUT2D eigenvalue weighted by Gasteiger charge is 2.35. The predicted molar refractivity (Wildman–Crippen MR) is 122 cm³/mol. The maximum atomic E-state index is 14.7. The minimum absolute atomic E-state index is 0.125. The van der Waals surface area contributed by atoms with Gasteiger partial charge in [-0.3, -0.25) is 9.78 Å². The van der Waals surface area contributed by atoms with E-state index in [2.05, 4.69) is 25.4 Å². The first-order chi connectivity index (χ1) is 16.3. The van der Waals surface area contributed by atoms with E-state index in [1.807, 2.05) is 17.9 Å². The van der Waals surface area contributed by atoms with E-state index >= 15 is 0 Å². The molecular formula is C24H25F3N6O. The number of hydrogen-bond donors (Lipinski definition) is 1. The molecule has 178 valence electrons. The van der Waals surface area contributed by atoms with Crippen LogP contribution in [0, 0.1) is 12.7 Å². The summed E-state index contributed by atoms with van der Waals surface area (Å²) >= 11 is 0. The molecule has 34 heavy (non-hydrogen) atoms. The smallest absolute Gasteiger partial charge is 0.266 e. The zero-order valence-electron chi connectivity index (χ0n) is 18.9. The lowest BCUT2D eigenvalue weighted by molar-refractivity contribution is -0.129. The van der Waals surface area contributed by atoms with Gasteiger partial charge in [0.25, 0.3) is 6.43 Å². The Hall–Kier alpha value is -3.43. The van der Waals surface area contributed by atoms with Crippen molar-refractivity contribution in [3.63, 3.8) is 0 Å². The molecule has 1 N–H and O–H groups in total. The molecule has 2 aliphatic heterocycles. The lowest BCUT2D eigenvalue weighted by Gasteiger charge is -2.38. The van der Waals surface area contributed by atoms with E-state index in [1.165, 1.54) is 12.1 Å². The van der Waals surface area contributed by atoms with Crippen molar-refractivity contribution in [1.82, 2.24) is 20.1 Å². The molecule has 10 heteroatoms. The van der Waals surface area contributed by atoms with E-state index in [-0.39, 0.29) is 17.5 Å². The molecular weight excluding hydrogens is 445 g/mol. The molecule has 7 nitrogen and oxygen atoms in total. The van der Waals surface area contributed by atoms with Crippen molar-refractivity contribution in [2.45, 2.75) is 45.2 Å². The highest BCUT2D eigenvalue weighted by atomic mass is 19.3. The van der Waals surface area contributed by atoms with Crippen LogP contribution >= 0.6 is 0 Å². The van der Waals surface area contributed by atoms with Crippen LogP contribution in [0.5, 0.6) is 0 Å². The molecule has 4 heterocycles. The van der Waals surface area contributed by atoms with Gasteiger partial charge in [-0.15, -0.1) is 5.10 Å². The molecule has 1 amide bonds. The van der Waals surface area contributed by atoms with Crippen LogP contribution < -0.4 is 10.2 Å². The molecule has 2 fully saturated rings. The SMILES string of the molecule is Cc1nnc(N[C@H](C)c2cccc(C(F)F)c2F)c2cc(N3CCN4C(=O)CC[C@@H]4C3)cnc12. The standard InChI is InChI=1S/C24H25F3N6O/c1-13(17-4-3-5-18(21(17)25)23(26)27)29-24-19-10-16(11-28-22(19)14(2)30-31-24)32-8-9-33-15(12-32)6-7-20(33)34/h3-5,10-11,13,15,23H,6-9,12H2,1-2H3,(H,29,31)/t13-,15-/m1/s1. The number of nitrogens with one attached hydrogen (secondary N) is 1. The number of anilines is 2. The van der Waals surface area contributed by atoms with Crippen molar-refractivity contribution < 1.29 is 18.0 Å². The average Bonchev–Trinajstić information content (AvgIpc) is 3.20. The number of fused-ring (bicyclic) bond motifs is 2. The normalized spacial score (nSPS) is 19.1. The lowest BCUT2D eigenvalue weighted by atomic mass is 10.0. The van der Waals surface area contributed by atoms with E-state index in [4.69, 9.17) is 0 Å². The summed E-state index contributed by atoms with van der Waals surface area (Å²) in [4.78, 5) is 20.8. The van der Waals surface area contributed by atoms with Gasteiger partial charge in [0.1, 0.15) is 5.82 Å². The number of halogens is 3. The van der Waals surface area contributed by atoms with Gasteiger partial charge in [0, 0.05) is 43.0 Å². The largest absolute Gasteiger partial charge is 0.366 e. The number of carbonyl (C=O) groups excluding carboxylic acids is 1. The van der Waals surface area contributed by atoms with Crippen LogP contribution in [-0.4, -0.2) is 51.7 Å². The van der Waals surface area contributed by atoms with Gasteiger partial charge in [-0.1, -0.05) is 18.2 Å². The second kappa shape index (κ2) is 8.73. The Morgan fingerprint density at radius 2 is 1.97 bits per heavy atom. The molecule has 5 rings (SSSR count). The maximum absolute atomic E-state index is 14.7. The Kier molecular flexibility index (Phi) is 5.75. The maximum Gasteiger partial charge on any atom is 0.266 e. The fourth-order valence-electron chi connectivity index (χ4n) is 4.88. The van der Waals surface area contributed by atoms with Crippen LogP contribution in [0.4, 0.5) is 24.7 Å². The number of alkyl halides is 2. The zero-order valence-corrected chi connectivity index (χ0v) is 18.9. The molecule has 2 atom stereocenters. The third-order valence-corrected chi connectivity index (χ3v) is 6.74. The number of rotatable bonds is 5. The molecule has 0 saturated carbocycles. The topological polar surface area (TPSA) is 74.2 Å². The Bertz CT molecular complexity index is 1250. The molecule has 0 spiro atoms. The van der Waals surface area contributed by atoms with Crippen molar-refractivity contribution in [3.05, 3.63) is 53.1 Å². The second-order valence-electron chi connectivity index (χ2n) is 8.87. The van der Waals surface area contributed by atoms with Crippen molar-refractivity contribution >= 4 is 28.3 Å². The minimum Gasteiger partial charge on any atom is -0.366 e. The summed E-state index contributed by atoms with van der Waals surface area (Å²) in [5.74, 6) is -0.306. The van der Waals surface area contributed by atoms with Gasteiger partial charge in [0.2, 0.25) is 5.91 Å². The van der Waals surface area contributed by atoms with E-state index < -0.39 is 23.8 Å². The zero-order chi connectivity index (χ0) is 24.0. The van der Waals surface area contributed by atoms with Gasteiger partial charge in [-0.2, -0.15) is 5.10 Å². The number of nitrogens with zero attached hydrogens (tertiary/aromatic N) is 5. The second-order valence-corrected chi connectivity index (χ2v) is 8.87. The first-order valence-corrected chi connectivity index (χ1v) is 11.3. The van der Waals surface area contributed by atoms with Crippen molar-refractivity contribution in [3.8, 4) is 0 Å². The minimum atomic E-state index is -2.89. The first kappa shape index (κ1) is 22.4. The van der Waals surface area contributed by atoms with Gasteiger partial charge >= 0.3 is 0 Å². The van der Waals surface area contributed by atoms with Gasteiger partial charge in [-0.05, 0) is 26.3 Å². The Morgan fingerprint density at radius 3 is 2.76 bits per heavy atom. The predicted octanol–water partition coefficient (Wildman–Crippen LogP) is 4.39. The van der Waals surface area contributed by atoms with Crippen LogP contribution in [0.15, 0.2) is 30.5 Å². The summed E-state index contributed by atoms with van der Waals surface area (Å²) in [6.07, 6.45) is 0.352. The van der Waals surface area contributed by atoms with Crippen molar-refractivity contribution in [1.29, 1.82) is 0 Å². The van der Waals surface area contributed by atoms with Crippen molar-refractivity contribution in [2.75, 3.05) is 29.9 Å². The number of benzene rings is 1. The van der Waals surface area contributed by atoms with Gasteiger partial charge in [0.15, 0.2) is 5.82 Å². The Balaban J connectivity index is 1.46. The van der Waals surface area contributed by atoms with Crippen LogP contribution in [0.2, 0.25) is 0 Å². The van der Waals surface area contributed by atoms with E-state index in [0.717, 1.165) is 24.7 Å². The number of hydrogen-bond acceptors (Lipinski definition) is 6. The Labute approximate surface area is 195 Å². The summed E-state index contributed by atoms with van der Waals surface area (Å²) in [7, 11) is 0. The fourth-order valence-corrected chi connectivity index (χ4v) is 4.88. The molecule has 0 bridgehead atoms. The molecule has 0 unspecified atom stereocenters. The quantitative estimate of drug-likeness (QED) is 0.596. The summed E-state index contributed by atoms with van der Waals surface area (Å²) in [6, 6.07) is 5.54. The van der Waals surface area contributed by atoms with Gasteiger partial charge in [-0.25, -0.2) is 13.2 Å². The van der Waals surface area contributed by atoms with Gasteiger partial charge in [0.05, 0.1) is 34.7 Å². The molecule has 2 aromatic heterocycles. The molecule has 3 aromatic rings. The monoisotopic (exact) mass is 470 g/mol. The highest BCUT2D eigenvalue weighted by Crippen LogP contribution is 2.33. The van der Waals surface area contributed by atoms with E-state index in [9.17, 15) is 18.0 Å². The number of carbonyl (C=O) groups is 1. The highest BCUT2D eigenvalue weighted by molar-refractivity contribution is 5.92. The number of amides is 1. The number of aryl methyl sites for hydroxylation is 1. The van der Waals surface area contributed by atoms with Crippen LogP contribution in [0.1, 0.15) is 49.1 Å². The Morgan fingerprint density at radius 1 is 1.18 bits per heavy atom. The number of pyridine rings is 1. The first-order valence-electron chi connectivity index (χ1n) is 11.3. The van der Waals surface area contributed by atoms with Crippen molar-refractivity contribution in [2.24, 2.45) is 0 Å². The van der Waals surface area contributed by atoms with E-state index in [1.54, 1.807) is 13.1 Å². The third-order valence-electron chi connectivity index (χ3n) is 6.74. The summed E-state index contributed by atoms with van der Waals surface area (Å²) in [6.45, 7) is 5.62. The molecule has 2 saturated heterocycles. The molecule has 2 aliphatic rings. The molecule has 0 radical (unpaired) electrons. The average molecular weight is 470 g/mol. The fraction of sp³-hybridized carbons (Fsp3) is 0.417. The number of piperazine rings is 1. The molecule has 0 aliphatic carbocycles. The summed E-state index contributed by atoms with van der Waals surface area (Å²) in [5, 5.41) is 12.3. The summed E-state index contributed by atoms with van der Waals surface area (Å²) in [5.41, 5.74) is 1.71. The van der Waals surface area contributed by atoms with Crippen LogP contribution in [-0.2, 0) is 4.79 Å². The summed E-state index contributed by atoms with van der Waals surface area (Å²) < 4.78 is 41.0. The molecule has 1 aromatic carbocycles.